The van der Waals surface area contributed by atoms with Crippen LogP contribution in [0.2, 0.25) is 0 Å². The number of esters is 3. The van der Waals surface area contributed by atoms with Crippen molar-refractivity contribution in [1.29, 1.82) is 0 Å². The fraction of sp³-hybridized carbons (Fsp3) is 0.591. The Morgan fingerprint density at radius 2 is 2.07 bits per heavy atom. The second kappa shape index (κ2) is 9.71. The lowest BCUT2D eigenvalue weighted by Gasteiger charge is -2.25. The van der Waals surface area contributed by atoms with Crippen molar-refractivity contribution in [1.82, 2.24) is 0 Å². The summed E-state index contributed by atoms with van der Waals surface area (Å²) in [6.07, 6.45) is 5.14. The van der Waals surface area contributed by atoms with Crippen LogP contribution in [0.1, 0.15) is 53.4 Å². The highest BCUT2D eigenvalue weighted by molar-refractivity contribution is 5.91. The minimum Gasteiger partial charge on any atom is -0.461 e. The maximum atomic E-state index is 12.1. The molecule has 0 radical (unpaired) electrons. The Labute approximate surface area is 166 Å². The van der Waals surface area contributed by atoms with Crippen LogP contribution in [0.3, 0.4) is 0 Å². The molecule has 0 N–H and O–H groups in total. The number of carbonyl (C=O) groups excluding carboxylic acids is 3. The molecule has 2 rings (SSSR count). The fourth-order valence-corrected chi connectivity index (χ4v) is 3.43. The average molecular weight is 390 g/mol. The lowest BCUT2D eigenvalue weighted by atomic mass is 9.86. The van der Waals surface area contributed by atoms with Gasteiger partial charge in [0.15, 0.2) is 0 Å². The number of allylic oxidation sites excluding steroid dienone is 1. The van der Waals surface area contributed by atoms with Crippen LogP contribution in [0.5, 0.6) is 0 Å². The van der Waals surface area contributed by atoms with Gasteiger partial charge in [-0.15, -0.1) is 0 Å². The first kappa shape index (κ1) is 21.9. The molecule has 1 saturated heterocycles. The summed E-state index contributed by atoms with van der Waals surface area (Å²) < 4.78 is 16.4. The zero-order chi connectivity index (χ0) is 20.8. The molecule has 1 heterocycles. The van der Waals surface area contributed by atoms with Gasteiger partial charge >= 0.3 is 17.9 Å². The molecule has 1 aliphatic carbocycles. The van der Waals surface area contributed by atoms with E-state index in [0.717, 1.165) is 11.1 Å². The normalized spacial score (nSPS) is 29.1. The molecule has 0 aromatic rings. The molecule has 0 unspecified atom stereocenters. The highest BCUT2D eigenvalue weighted by atomic mass is 16.6. The summed E-state index contributed by atoms with van der Waals surface area (Å²) in [6, 6.07) is 0. The third kappa shape index (κ3) is 6.08. The second-order valence-electron chi connectivity index (χ2n) is 7.91. The van der Waals surface area contributed by atoms with Crippen LogP contribution in [-0.4, -0.2) is 36.7 Å². The van der Waals surface area contributed by atoms with Gasteiger partial charge in [0.1, 0.15) is 18.8 Å². The van der Waals surface area contributed by atoms with Gasteiger partial charge in [-0.25, -0.2) is 4.79 Å². The fourth-order valence-electron chi connectivity index (χ4n) is 3.43. The topological polar surface area (TPSA) is 78.9 Å². The number of fused-ring (bicyclic) bond motifs is 1. The number of rotatable bonds is 5. The van der Waals surface area contributed by atoms with Crippen LogP contribution in [0.4, 0.5) is 0 Å². The first-order valence-corrected chi connectivity index (χ1v) is 9.76. The summed E-state index contributed by atoms with van der Waals surface area (Å²) in [7, 11) is 0. The molecule has 0 amide bonds. The van der Waals surface area contributed by atoms with Gasteiger partial charge < -0.3 is 14.2 Å². The Hall–Kier alpha value is -2.37. The maximum absolute atomic E-state index is 12.1. The SMILES string of the molecule is C=C1C(=O)O[C@@H]2/C=C(\COC(=O)CC(C)C)CC/C=C(\C)[C@@H](OC(C)=O)C[C@H]12. The van der Waals surface area contributed by atoms with Crippen molar-refractivity contribution in [2.75, 3.05) is 6.61 Å². The van der Waals surface area contributed by atoms with Crippen molar-refractivity contribution in [2.45, 2.75) is 65.6 Å². The van der Waals surface area contributed by atoms with Gasteiger partial charge in [-0.1, -0.05) is 26.5 Å². The van der Waals surface area contributed by atoms with Crippen LogP contribution < -0.4 is 0 Å². The molecule has 0 bridgehead atoms. The predicted molar refractivity (Wildman–Crippen MR) is 104 cm³/mol. The Morgan fingerprint density at radius 3 is 2.71 bits per heavy atom. The van der Waals surface area contributed by atoms with Gasteiger partial charge in [-0.2, -0.15) is 0 Å². The van der Waals surface area contributed by atoms with E-state index in [0.29, 0.717) is 31.3 Å². The Bertz CT molecular complexity index is 700. The van der Waals surface area contributed by atoms with Gasteiger partial charge in [0.05, 0.1) is 0 Å². The van der Waals surface area contributed by atoms with Crippen molar-refractivity contribution in [3.8, 4) is 0 Å². The molecule has 2 aliphatic rings. The van der Waals surface area contributed by atoms with E-state index < -0.39 is 18.2 Å². The molecule has 1 fully saturated rings. The molecule has 1 aliphatic heterocycles. The minimum absolute atomic E-state index is 0.180. The first-order chi connectivity index (χ1) is 13.2. The van der Waals surface area contributed by atoms with Gasteiger partial charge in [0, 0.05) is 24.8 Å². The highest BCUT2D eigenvalue weighted by Crippen LogP contribution is 2.35. The maximum Gasteiger partial charge on any atom is 0.334 e. The second-order valence-corrected chi connectivity index (χ2v) is 7.91. The molecule has 0 aromatic carbocycles. The quantitative estimate of drug-likeness (QED) is 0.308. The van der Waals surface area contributed by atoms with E-state index >= 15 is 0 Å². The summed E-state index contributed by atoms with van der Waals surface area (Å²) in [5, 5.41) is 0. The zero-order valence-electron chi connectivity index (χ0n) is 17.2. The zero-order valence-corrected chi connectivity index (χ0v) is 17.2. The first-order valence-electron chi connectivity index (χ1n) is 9.76. The molecule has 0 aromatic heterocycles. The van der Waals surface area contributed by atoms with Gasteiger partial charge in [-0.3, -0.25) is 9.59 Å². The van der Waals surface area contributed by atoms with Crippen molar-refractivity contribution >= 4 is 17.9 Å². The van der Waals surface area contributed by atoms with Crippen molar-refractivity contribution < 1.29 is 28.6 Å². The van der Waals surface area contributed by atoms with Gasteiger partial charge in [0.2, 0.25) is 0 Å². The third-order valence-corrected chi connectivity index (χ3v) is 4.96. The monoisotopic (exact) mass is 390 g/mol. The third-order valence-electron chi connectivity index (χ3n) is 4.96. The van der Waals surface area contributed by atoms with E-state index in [-0.39, 0.29) is 30.4 Å². The lowest BCUT2D eigenvalue weighted by molar-refractivity contribution is -0.145. The van der Waals surface area contributed by atoms with Crippen LogP contribution in [0.25, 0.3) is 0 Å². The van der Waals surface area contributed by atoms with Crippen molar-refractivity contribution in [2.24, 2.45) is 11.8 Å². The van der Waals surface area contributed by atoms with Crippen LogP contribution >= 0.6 is 0 Å². The summed E-state index contributed by atoms with van der Waals surface area (Å²) in [4.78, 5) is 35.5. The lowest BCUT2D eigenvalue weighted by Crippen LogP contribution is -2.26. The number of carbonyl (C=O) groups is 3. The van der Waals surface area contributed by atoms with Gasteiger partial charge in [0.25, 0.3) is 0 Å². The minimum atomic E-state index is -0.497. The van der Waals surface area contributed by atoms with E-state index in [4.69, 9.17) is 14.2 Å². The average Bonchev–Trinajstić information content (AvgIpc) is 2.85. The summed E-state index contributed by atoms with van der Waals surface area (Å²) >= 11 is 0. The Kier molecular flexibility index (Phi) is 7.61. The highest BCUT2D eigenvalue weighted by Gasteiger charge is 2.40. The van der Waals surface area contributed by atoms with Crippen LogP contribution in [0.15, 0.2) is 35.5 Å². The molecular formula is C22H30O6. The van der Waals surface area contributed by atoms with E-state index in [1.54, 1.807) is 0 Å². The van der Waals surface area contributed by atoms with E-state index in [1.807, 2.05) is 32.9 Å². The van der Waals surface area contributed by atoms with Crippen LogP contribution in [0, 0.1) is 11.8 Å². The Morgan fingerprint density at radius 1 is 1.36 bits per heavy atom. The van der Waals surface area contributed by atoms with E-state index in [1.165, 1.54) is 6.92 Å². The summed E-state index contributed by atoms with van der Waals surface area (Å²) in [5.41, 5.74) is 2.21. The van der Waals surface area contributed by atoms with Gasteiger partial charge in [-0.05, 0) is 49.3 Å². The molecule has 28 heavy (non-hydrogen) atoms. The molecule has 0 saturated carbocycles. The van der Waals surface area contributed by atoms with Crippen molar-refractivity contribution in [3.05, 3.63) is 35.5 Å². The van der Waals surface area contributed by atoms with E-state index in [2.05, 4.69) is 6.58 Å². The van der Waals surface area contributed by atoms with Crippen molar-refractivity contribution in [3.63, 3.8) is 0 Å². The summed E-state index contributed by atoms with van der Waals surface area (Å²) in [6.45, 7) is 11.3. The number of hydrogen-bond acceptors (Lipinski definition) is 6. The molecule has 3 atom stereocenters. The van der Waals surface area contributed by atoms with E-state index in [9.17, 15) is 14.4 Å². The molecular weight excluding hydrogens is 360 g/mol. The smallest absolute Gasteiger partial charge is 0.334 e. The standard InChI is InChI=1S/C22H30O6/c1-13(2)9-21(24)26-12-17-8-6-7-14(3)19(27-16(5)23)11-18-15(4)22(25)28-20(18)10-17/h7,10,13,18-20H,4,6,8-9,11-12H2,1-3,5H3/b14-7+,17-10-/t18-,19+,20-/m1/s1. The van der Waals surface area contributed by atoms with Crippen LogP contribution in [-0.2, 0) is 28.6 Å². The number of ether oxygens (including phenoxy) is 3. The molecule has 154 valence electrons. The molecule has 0 spiro atoms. The number of hydrogen-bond donors (Lipinski definition) is 0. The predicted octanol–water partition coefficient (Wildman–Crippen LogP) is 3.66. The summed E-state index contributed by atoms with van der Waals surface area (Å²) in [5.74, 6) is -1.10. The largest absolute Gasteiger partial charge is 0.461 e. The molecule has 6 nitrogen and oxygen atoms in total. The molecule has 6 heteroatoms. The Balaban J connectivity index is 2.21.